The van der Waals surface area contributed by atoms with Crippen LogP contribution in [0.4, 0.5) is 16.0 Å². The predicted molar refractivity (Wildman–Crippen MR) is 91.9 cm³/mol. The minimum Gasteiger partial charge on any atom is -0.478 e. The molecule has 0 fully saturated rings. The summed E-state index contributed by atoms with van der Waals surface area (Å²) in [4.78, 5) is 23.6. The van der Waals surface area contributed by atoms with E-state index in [1.54, 1.807) is 13.0 Å². The van der Waals surface area contributed by atoms with Crippen molar-refractivity contribution in [1.82, 2.24) is 15.0 Å². The Morgan fingerprint density at radius 3 is 2.88 bits per heavy atom. The SMILES string of the molecule is C[C@H](Nc1ncnc(N)c1C#N)c1nc2cccc(F)c2cc1C(=O)O. The molecule has 0 amide bonds. The lowest BCUT2D eigenvalue weighted by Crippen LogP contribution is -2.16. The Hall–Kier alpha value is -3.80. The maximum atomic E-state index is 13.9. The molecule has 2 heterocycles. The van der Waals surface area contributed by atoms with Crippen molar-refractivity contribution in [2.24, 2.45) is 0 Å². The number of aromatic carboxylic acids is 1. The molecule has 0 bridgehead atoms. The number of aromatic nitrogens is 3. The molecule has 0 saturated heterocycles. The average molecular weight is 352 g/mol. The Morgan fingerprint density at radius 1 is 1.42 bits per heavy atom. The molecule has 3 aromatic rings. The third-order valence-corrected chi connectivity index (χ3v) is 3.82. The summed E-state index contributed by atoms with van der Waals surface area (Å²) in [5.74, 6) is -1.64. The van der Waals surface area contributed by atoms with Gasteiger partial charge in [0.1, 0.15) is 35.4 Å². The summed E-state index contributed by atoms with van der Waals surface area (Å²) in [6.07, 6.45) is 1.19. The third kappa shape index (κ3) is 2.95. The van der Waals surface area contributed by atoms with Crippen LogP contribution < -0.4 is 11.1 Å². The highest BCUT2D eigenvalue weighted by Gasteiger charge is 2.21. The molecule has 0 aliphatic rings. The zero-order chi connectivity index (χ0) is 18.8. The molecule has 1 aromatic carbocycles. The molecule has 9 heteroatoms. The highest BCUT2D eigenvalue weighted by atomic mass is 19.1. The topological polar surface area (TPSA) is 138 Å². The highest BCUT2D eigenvalue weighted by molar-refractivity contribution is 5.94. The first-order valence-electron chi connectivity index (χ1n) is 7.52. The number of nitrogens with one attached hydrogen (secondary N) is 1. The number of hydrogen-bond donors (Lipinski definition) is 3. The van der Waals surface area contributed by atoms with Crippen LogP contribution >= 0.6 is 0 Å². The summed E-state index contributed by atoms with van der Waals surface area (Å²) < 4.78 is 13.9. The van der Waals surface area contributed by atoms with Gasteiger partial charge in [-0.15, -0.1) is 0 Å². The van der Waals surface area contributed by atoms with Crippen LogP contribution in [-0.4, -0.2) is 26.0 Å². The van der Waals surface area contributed by atoms with Crippen LogP contribution in [0.1, 0.15) is 34.6 Å². The van der Waals surface area contributed by atoms with Crippen molar-refractivity contribution in [1.29, 1.82) is 5.26 Å². The van der Waals surface area contributed by atoms with Gasteiger partial charge in [0.05, 0.1) is 22.8 Å². The number of nitrogens with zero attached hydrogens (tertiary/aromatic N) is 4. The number of anilines is 2. The van der Waals surface area contributed by atoms with Gasteiger partial charge in [0, 0.05) is 5.39 Å². The summed E-state index contributed by atoms with van der Waals surface area (Å²) >= 11 is 0. The Morgan fingerprint density at radius 2 is 2.19 bits per heavy atom. The third-order valence-electron chi connectivity index (χ3n) is 3.82. The molecule has 4 N–H and O–H groups in total. The minimum absolute atomic E-state index is 0.00389. The lowest BCUT2D eigenvalue weighted by atomic mass is 10.0. The van der Waals surface area contributed by atoms with E-state index in [0.29, 0.717) is 5.52 Å². The van der Waals surface area contributed by atoms with Crippen LogP contribution in [0.2, 0.25) is 0 Å². The standard InChI is InChI=1S/C17H13FN6O2/c1-8(23-16-11(6-19)15(20)21-7-22-16)14-10(17(25)26)5-9-12(18)3-2-4-13(9)24-14/h2-5,7-8H,1H3,(H,25,26)(H3,20,21,22,23)/t8-/m0/s1. The van der Waals surface area contributed by atoms with Crippen LogP contribution in [0.3, 0.4) is 0 Å². The monoisotopic (exact) mass is 352 g/mol. The number of carboxylic acid groups (broad SMARTS) is 1. The number of fused-ring (bicyclic) bond motifs is 1. The fraction of sp³-hybridized carbons (Fsp3) is 0.118. The number of carboxylic acids is 1. The van der Waals surface area contributed by atoms with Gasteiger partial charge in [-0.25, -0.2) is 24.1 Å². The molecular formula is C17H13FN6O2. The van der Waals surface area contributed by atoms with Crippen molar-refractivity contribution >= 4 is 28.5 Å². The van der Waals surface area contributed by atoms with E-state index in [9.17, 15) is 19.6 Å². The second-order valence-electron chi connectivity index (χ2n) is 5.49. The van der Waals surface area contributed by atoms with E-state index >= 15 is 0 Å². The first kappa shape index (κ1) is 17.0. The summed E-state index contributed by atoms with van der Waals surface area (Å²) in [7, 11) is 0. The molecule has 0 spiro atoms. The van der Waals surface area contributed by atoms with Gasteiger partial charge in [-0.05, 0) is 25.1 Å². The lowest BCUT2D eigenvalue weighted by molar-refractivity contribution is 0.0695. The van der Waals surface area contributed by atoms with E-state index in [0.717, 1.165) is 0 Å². The molecule has 0 aliphatic carbocycles. The Bertz CT molecular complexity index is 1060. The number of hydrogen-bond acceptors (Lipinski definition) is 7. The number of pyridine rings is 1. The summed E-state index contributed by atoms with van der Waals surface area (Å²) in [6.45, 7) is 1.65. The van der Waals surface area contributed by atoms with Crippen molar-refractivity contribution < 1.29 is 14.3 Å². The van der Waals surface area contributed by atoms with Gasteiger partial charge in [-0.1, -0.05) is 6.07 Å². The number of rotatable bonds is 4. The van der Waals surface area contributed by atoms with Gasteiger partial charge < -0.3 is 16.2 Å². The van der Waals surface area contributed by atoms with Gasteiger partial charge in [-0.2, -0.15) is 5.26 Å². The van der Waals surface area contributed by atoms with Gasteiger partial charge >= 0.3 is 5.97 Å². The van der Waals surface area contributed by atoms with E-state index in [1.165, 1.54) is 24.5 Å². The zero-order valence-corrected chi connectivity index (χ0v) is 13.6. The summed E-state index contributed by atoms with van der Waals surface area (Å²) in [5, 5.41) is 21.7. The number of nitriles is 1. The van der Waals surface area contributed by atoms with E-state index < -0.39 is 17.8 Å². The average Bonchev–Trinajstić information content (AvgIpc) is 2.61. The molecule has 2 aromatic heterocycles. The second kappa shape index (κ2) is 6.60. The molecule has 0 radical (unpaired) electrons. The van der Waals surface area contributed by atoms with Crippen LogP contribution in [0.5, 0.6) is 0 Å². The lowest BCUT2D eigenvalue weighted by Gasteiger charge is -2.18. The first-order valence-corrected chi connectivity index (χ1v) is 7.52. The van der Waals surface area contributed by atoms with Crippen LogP contribution in [-0.2, 0) is 0 Å². The minimum atomic E-state index is -1.24. The van der Waals surface area contributed by atoms with E-state index in [1.807, 2.05) is 6.07 Å². The molecule has 8 nitrogen and oxygen atoms in total. The Labute approximate surface area is 147 Å². The van der Waals surface area contributed by atoms with Crippen LogP contribution in [0.25, 0.3) is 10.9 Å². The largest absolute Gasteiger partial charge is 0.478 e. The van der Waals surface area contributed by atoms with E-state index in [2.05, 4.69) is 20.3 Å². The molecule has 130 valence electrons. The Kier molecular flexibility index (Phi) is 4.33. The van der Waals surface area contributed by atoms with Crippen LogP contribution in [0.15, 0.2) is 30.6 Å². The first-order chi connectivity index (χ1) is 12.4. The summed E-state index contributed by atoms with van der Waals surface area (Å²) in [5.41, 5.74) is 6.04. The van der Waals surface area contributed by atoms with E-state index in [4.69, 9.17) is 5.73 Å². The van der Waals surface area contributed by atoms with Gasteiger partial charge in [0.2, 0.25) is 0 Å². The molecule has 0 unspecified atom stereocenters. The Balaban J connectivity index is 2.10. The van der Waals surface area contributed by atoms with Gasteiger partial charge in [0.15, 0.2) is 0 Å². The van der Waals surface area contributed by atoms with Crippen molar-refractivity contribution in [2.75, 3.05) is 11.1 Å². The van der Waals surface area contributed by atoms with Gasteiger partial charge in [-0.3, -0.25) is 0 Å². The molecule has 3 rings (SSSR count). The van der Waals surface area contributed by atoms with E-state index in [-0.39, 0.29) is 33.8 Å². The molecule has 1 atom stereocenters. The number of nitrogen functional groups attached to an aromatic ring is 1. The van der Waals surface area contributed by atoms with Crippen LogP contribution in [0, 0.1) is 17.1 Å². The van der Waals surface area contributed by atoms with Crippen molar-refractivity contribution in [3.63, 3.8) is 0 Å². The fourth-order valence-electron chi connectivity index (χ4n) is 2.57. The molecule has 0 aliphatic heterocycles. The smallest absolute Gasteiger partial charge is 0.337 e. The predicted octanol–water partition coefficient (Wildman–Crippen LogP) is 2.49. The fourth-order valence-corrected chi connectivity index (χ4v) is 2.57. The number of benzene rings is 1. The zero-order valence-electron chi connectivity index (χ0n) is 13.6. The van der Waals surface area contributed by atoms with Crippen molar-refractivity contribution in [3.05, 3.63) is 53.2 Å². The number of nitrogens with two attached hydrogens (primary N) is 1. The van der Waals surface area contributed by atoms with Crippen molar-refractivity contribution in [3.8, 4) is 6.07 Å². The molecular weight excluding hydrogens is 339 g/mol. The normalized spacial score (nSPS) is 11.7. The summed E-state index contributed by atoms with van der Waals surface area (Å²) in [6, 6.07) is 6.81. The second-order valence-corrected chi connectivity index (χ2v) is 5.49. The number of carbonyl (C=O) groups is 1. The molecule has 0 saturated carbocycles. The highest BCUT2D eigenvalue weighted by Crippen LogP contribution is 2.27. The maximum absolute atomic E-state index is 13.9. The quantitative estimate of drug-likeness (QED) is 0.651. The van der Waals surface area contributed by atoms with Gasteiger partial charge in [0.25, 0.3) is 0 Å². The maximum Gasteiger partial charge on any atom is 0.337 e. The molecule has 26 heavy (non-hydrogen) atoms. The van der Waals surface area contributed by atoms with Crippen molar-refractivity contribution in [2.45, 2.75) is 13.0 Å². The number of halogens is 1.